The topological polar surface area (TPSA) is 87.6 Å². The third kappa shape index (κ3) is 3.11. The van der Waals surface area contributed by atoms with Crippen molar-refractivity contribution in [2.24, 2.45) is 0 Å². The molecule has 0 unspecified atom stereocenters. The Hall–Kier alpha value is -1.80. The van der Waals surface area contributed by atoms with Crippen molar-refractivity contribution in [3.05, 3.63) is 22.5 Å². The monoisotopic (exact) mass is 355 g/mol. The lowest BCUT2D eigenvalue weighted by atomic mass is 10.3. The minimum atomic E-state index is -0.334. The lowest BCUT2D eigenvalue weighted by Gasteiger charge is -2.26. The Morgan fingerprint density at radius 3 is 2.81 bits per heavy atom. The van der Waals surface area contributed by atoms with Crippen LogP contribution < -0.4 is 5.32 Å². The molecule has 0 radical (unpaired) electrons. The Kier molecular flexibility index (Phi) is 3.98. The zero-order chi connectivity index (χ0) is 14.8. The highest BCUT2D eigenvalue weighted by atomic mass is 79.9. The largest absolute Gasteiger partial charge is 0.448 e. The summed E-state index contributed by atoms with van der Waals surface area (Å²) in [5, 5.41) is 2.61. The van der Waals surface area contributed by atoms with E-state index >= 15 is 0 Å². The maximum absolute atomic E-state index is 12.0. The minimum absolute atomic E-state index is 0.0249. The van der Waals surface area contributed by atoms with Crippen LogP contribution in [0.25, 0.3) is 11.1 Å². The Morgan fingerprint density at radius 1 is 1.33 bits per heavy atom. The highest BCUT2D eigenvalue weighted by molar-refractivity contribution is 9.10. The SMILES string of the molecule is O=C(NCC(=O)N1CCOCC1)c1cc2oc(Br)cc2[nH]1. The predicted octanol–water partition coefficient (Wildman–Crippen LogP) is 1.11. The third-order valence-corrected chi connectivity index (χ3v) is 3.67. The zero-order valence-corrected chi connectivity index (χ0v) is 12.7. The number of halogens is 1. The van der Waals surface area contributed by atoms with Crippen LogP contribution >= 0.6 is 15.9 Å². The van der Waals surface area contributed by atoms with Crippen LogP contribution in [0.1, 0.15) is 10.5 Å². The van der Waals surface area contributed by atoms with E-state index in [0.29, 0.717) is 42.2 Å². The lowest BCUT2D eigenvalue weighted by Crippen LogP contribution is -2.45. The summed E-state index contributed by atoms with van der Waals surface area (Å²) in [6, 6.07) is 3.35. The maximum Gasteiger partial charge on any atom is 0.268 e. The van der Waals surface area contributed by atoms with Crippen LogP contribution in [0, 0.1) is 0 Å². The Balaban J connectivity index is 1.57. The van der Waals surface area contributed by atoms with Gasteiger partial charge in [0, 0.05) is 25.2 Å². The second-order valence-corrected chi connectivity index (χ2v) is 5.47. The molecule has 21 heavy (non-hydrogen) atoms. The summed E-state index contributed by atoms with van der Waals surface area (Å²) >= 11 is 3.21. The van der Waals surface area contributed by atoms with Crippen LogP contribution in [0.5, 0.6) is 0 Å². The number of nitrogens with zero attached hydrogens (tertiary/aromatic N) is 1. The van der Waals surface area contributed by atoms with Crippen LogP contribution in [0.3, 0.4) is 0 Å². The molecule has 0 aromatic carbocycles. The van der Waals surface area contributed by atoms with Crippen LogP contribution in [0.2, 0.25) is 0 Å². The average molecular weight is 356 g/mol. The van der Waals surface area contributed by atoms with E-state index in [0.717, 1.165) is 5.52 Å². The quantitative estimate of drug-likeness (QED) is 0.863. The summed E-state index contributed by atoms with van der Waals surface area (Å²) in [5.41, 5.74) is 1.68. The number of H-pyrrole nitrogens is 1. The third-order valence-electron chi connectivity index (χ3n) is 3.28. The van der Waals surface area contributed by atoms with E-state index < -0.39 is 0 Å². The molecule has 3 rings (SSSR count). The van der Waals surface area contributed by atoms with Crippen molar-refractivity contribution in [1.29, 1.82) is 0 Å². The average Bonchev–Trinajstić information content (AvgIpc) is 3.02. The maximum atomic E-state index is 12.0. The summed E-state index contributed by atoms with van der Waals surface area (Å²) in [5.74, 6) is -0.441. The summed E-state index contributed by atoms with van der Waals surface area (Å²) in [6.07, 6.45) is 0. The number of carbonyl (C=O) groups excluding carboxylic acids is 2. The van der Waals surface area contributed by atoms with E-state index in [-0.39, 0.29) is 18.4 Å². The first-order valence-electron chi connectivity index (χ1n) is 6.55. The molecule has 0 spiro atoms. The van der Waals surface area contributed by atoms with Crippen molar-refractivity contribution in [2.75, 3.05) is 32.8 Å². The number of aromatic amines is 1. The number of amides is 2. The molecule has 2 aromatic heterocycles. The number of aromatic nitrogens is 1. The molecular weight excluding hydrogens is 342 g/mol. The second kappa shape index (κ2) is 5.90. The molecule has 2 aromatic rings. The van der Waals surface area contributed by atoms with Crippen LogP contribution in [0.15, 0.2) is 21.2 Å². The fourth-order valence-electron chi connectivity index (χ4n) is 2.19. The van der Waals surface area contributed by atoms with E-state index in [2.05, 4.69) is 26.2 Å². The van der Waals surface area contributed by atoms with Gasteiger partial charge in [-0.25, -0.2) is 0 Å². The first kappa shape index (κ1) is 14.2. The molecular formula is C13H14BrN3O4. The van der Waals surface area contributed by atoms with Gasteiger partial charge >= 0.3 is 0 Å². The summed E-state index contributed by atoms with van der Waals surface area (Å²) in [4.78, 5) is 28.5. The molecule has 1 aliphatic heterocycles. The molecule has 7 nitrogen and oxygen atoms in total. The molecule has 3 heterocycles. The smallest absolute Gasteiger partial charge is 0.268 e. The van der Waals surface area contributed by atoms with Gasteiger partial charge < -0.3 is 24.4 Å². The van der Waals surface area contributed by atoms with E-state index in [4.69, 9.17) is 9.15 Å². The fourth-order valence-corrected chi connectivity index (χ4v) is 2.59. The summed E-state index contributed by atoms with van der Waals surface area (Å²) in [6.45, 7) is 2.20. The predicted molar refractivity (Wildman–Crippen MR) is 78.0 cm³/mol. The second-order valence-electron chi connectivity index (χ2n) is 4.69. The van der Waals surface area contributed by atoms with E-state index in [1.165, 1.54) is 0 Å². The summed E-state index contributed by atoms with van der Waals surface area (Å²) < 4.78 is 11.1. The molecule has 1 fully saturated rings. The molecule has 0 saturated carbocycles. The minimum Gasteiger partial charge on any atom is -0.448 e. The highest BCUT2D eigenvalue weighted by Crippen LogP contribution is 2.23. The summed E-state index contributed by atoms with van der Waals surface area (Å²) in [7, 11) is 0. The normalized spacial score (nSPS) is 15.4. The van der Waals surface area contributed by atoms with Gasteiger partial charge in [-0.3, -0.25) is 9.59 Å². The van der Waals surface area contributed by atoms with Crippen molar-refractivity contribution in [1.82, 2.24) is 15.2 Å². The molecule has 2 amide bonds. The van der Waals surface area contributed by atoms with Gasteiger partial charge in [-0.1, -0.05) is 0 Å². The molecule has 1 aliphatic rings. The Labute approximate surface area is 128 Å². The van der Waals surface area contributed by atoms with Crippen molar-refractivity contribution in [2.45, 2.75) is 0 Å². The first-order valence-corrected chi connectivity index (χ1v) is 7.34. The number of hydrogen-bond acceptors (Lipinski definition) is 4. The molecule has 0 bridgehead atoms. The van der Waals surface area contributed by atoms with Gasteiger partial charge in [0.1, 0.15) is 5.69 Å². The van der Waals surface area contributed by atoms with Gasteiger partial charge in [-0.2, -0.15) is 0 Å². The van der Waals surface area contributed by atoms with Gasteiger partial charge in [0.25, 0.3) is 5.91 Å². The van der Waals surface area contributed by atoms with Gasteiger partial charge in [0.05, 0.1) is 25.3 Å². The number of ether oxygens (including phenoxy) is 1. The standard InChI is InChI=1S/C13H14BrN3O4/c14-11-6-8-10(21-11)5-9(16-8)13(19)15-7-12(18)17-1-3-20-4-2-17/h5-6,16H,1-4,7H2,(H,15,19). The van der Waals surface area contributed by atoms with Gasteiger partial charge in [-0.05, 0) is 15.9 Å². The fraction of sp³-hybridized carbons (Fsp3) is 0.385. The molecule has 1 saturated heterocycles. The number of furan rings is 1. The van der Waals surface area contributed by atoms with Crippen molar-refractivity contribution in [3.8, 4) is 0 Å². The van der Waals surface area contributed by atoms with E-state index in [1.54, 1.807) is 17.0 Å². The van der Waals surface area contributed by atoms with E-state index in [1.807, 2.05) is 0 Å². The van der Waals surface area contributed by atoms with Crippen molar-refractivity contribution >= 4 is 38.8 Å². The van der Waals surface area contributed by atoms with Crippen molar-refractivity contribution < 1.29 is 18.7 Å². The Bertz CT molecular complexity index is 641. The molecule has 8 heteroatoms. The molecule has 0 atom stereocenters. The number of nitrogens with one attached hydrogen (secondary N) is 2. The van der Waals surface area contributed by atoms with Crippen LogP contribution in [0.4, 0.5) is 0 Å². The van der Waals surface area contributed by atoms with E-state index in [9.17, 15) is 9.59 Å². The highest BCUT2D eigenvalue weighted by Gasteiger charge is 2.18. The molecule has 112 valence electrons. The van der Waals surface area contributed by atoms with Crippen LogP contribution in [-0.4, -0.2) is 54.5 Å². The number of rotatable bonds is 3. The van der Waals surface area contributed by atoms with Gasteiger partial charge in [0.2, 0.25) is 5.91 Å². The number of carbonyl (C=O) groups is 2. The first-order chi connectivity index (χ1) is 10.1. The lowest BCUT2D eigenvalue weighted by molar-refractivity contribution is -0.134. The van der Waals surface area contributed by atoms with Gasteiger partial charge in [0.15, 0.2) is 10.3 Å². The molecule has 0 aliphatic carbocycles. The Morgan fingerprint density at radius 2 is 2.10 bits per heavy atom. The zero-order valence-electron chi connectivity index (χ0n) is 11.1. The molecule has 2 N–H and O–H groups in total. The van der Waals surface area contributed by atoms with Crippen LogP contribution in [-0.2, 0) is 9.53 Å². The van der Waals surface area contributed by atoms with Crippen molar-refractivity contribution in [3.63, 3.8) is 0 Å². The number of fused-ring (bicyclic) bond motifs is 1. The van der Waals surface area contributed by atoms with Gasteiger partial charge in [-0.15, -0.1) is 0 Å². The number of hydrogen-bond donors (Lipinski definition) is 2. The number of morpholine rings is 1.